The number of hydrogen-bond acceptors (Lipinski definition) is 6. The van der Waals surface area contributed by atoms with Crippen molar-refractivity contribution >= 4 is 17.7 Å². The molecule has 2 aromatic heterocycles. The van der Waals surface area contributed by atoms with Gasteiger partial charge in [-0.1, -0.05) is 6.92 Å². The molecule has 1 fully saturated rings. The largest absolute Gasteiger partial charge is 0.470 e. The number of pyridine rings is 1. The molecule has 0 radical (unpaired) electrons. The van der Waals surface area contributed by atoms with Gasteiger partial charge in [0.2, 0.25) is 11.7 Å². The molecule has 0 aromatic carbocycles. The van der Waals surface area contributed by atoms with Crippen LogP contribution in [0.1, 0.15) is 19.0 Å². The molecule has 25 heavy (non-hydrogen) atoms. The molecule has 1 atom stereocenters. The van der Waals surface area contributed by atoms with E-state index in [0.717, 1.165) is 4.90 Å². The molecule has 1 amide bonds. The van der Waals surface area contributed by atoms with Gasteiger partial charge in [-0.05, 0) is 18.6 Å². The highest BCUT2D eigenvalue weighted by atomic mass is 32.2. The zero-order chi connectivity index (χ0) is 17.6. The number of hydrogen-bond donors (Lipinski definition) is 0. The summed E-state index contributed by atoms with van der Waals surface area (Å²) in [7, 11) is 0. The van der Waals surface area contributed by atoms with Crippen LogP contribution < -0.4 is 4.74 Å². The minimum Gasteiger partial charge on any atom is -0.470 e. The lowest BCUT2D eigenvalue weighted by Gasteiger charge is -2.17. The van der Waals surface area contributed by atoms with Crippen LogP contribution >= 0.6 is 11.8 Å². The van der Waals surface area contributed by atoms with E-state index in [-0.39, 0.29) is 17.9 Å². The Balaban J connectivity index is 1.52. The maximum atomic E-state index is 14.2. The number of amides is 1. The van der Waals surface area contributed by atoms with E-state index in [4.69, 9.17) is 4.74 Å². The molecule has 3 rings (SSSR count). The van der Waals surface area contributed by atoms with Gasteiger partial charge in [0, 0.05) is 30.3 Å². The van der Waals surface area contributed by atoms with Crippen LogP contribution in [0.2, 0.25) is 0 Å². The summed E-state index contributed by atoms with van der Waals surface area (Å²) >= 11 is 1.48. The third-order valence-corrected chi connectivity index (χ3v) is 4.95. The van der Waals surface area contributed by atoms with Gasteiger partial charge in [0.15, 0.2) is 0 Å². The highest BCUT2D eigenvalue weighted by Gasteiger charge is 2.28. The van der Waals surface area contributed by atoms with Crippen molar-refractivity contribution in [2.45, 2.75) is 30.8 Å². The second-order valence-electron chi connectivity index (χ2n) is 5.63. The molecule has 132 valence electrons. The van der Waals surface area contributed by atoms with Gasteiger partial charge in [-0.3, -0.25) is 9.78 Å². The average Bonchev–Trinajstić information content (AvgIpc) is 3.11. The van der Waals surface area contributed by atoms with E-state index in [1.54, 1.807) is 17.3 Å². The topological polar surface area (TPSA) is 68.2 Å². The van der Waals surface area contributed by atoms with Crippen molar-refractivity contribution in [2.75, 3.05) is 18.8 Å². The molecule has 8 heteroatoms. The van der Waals surface area contributed by atoms with E-state index in [0.29, 0.717) is 37.4 Å². The molecular formula is C17H19FN4O2S. The first-order valence-corrected chi connectivity index (χ1v) is 9.12. The summed E-state index contributed by atoms with van der Waals surface area (Å²) in [5, 5.41) is 0. The Morgan fingerprint density at radius 2 is 2.20 bits per heavy atom. The Hall–Kier alpha value is -2.22. The van der Waals surface area contributed by atoms with Gasteiger partial charge < -0.3 is 9.64 Å². The van der Waals surface area contributed by atoms with E-state index in [9.17, 15) is 9.18 Å². The first-order chi connectivity index (χ1) is 12.2. The number of nitrogens with zero attached hydrogens (tertiary/aromatic N) is 4. The summed E-state index contributed by atoms with van der Waals surface area (Å²) in [6.45, 7) is 2.88. The predicted octanol–water partition coefficient (Wildman–Crippen LogP) is 2.35. The minimum absolute atomic E-state index is 0.0303. The number of carbonyl (C=O) groups is 1. The maximum absolute atomic E-state index is 14.2. The van der Waals surface area contributed by atoms with E-state index in [2.05, 4.69) is 15.0 Å². The molecule has 1 aliphatic rings. The first kappa shape index (κ1) is 17.6. The Bertz CT molecular complexity index is 732. The number of thioether (sulfide) groups is 1. The Labute approximate surface area is 149 Å². The van der Waals surface area contributed by atoms with Crippen molar-refractivity contribution in [1.29, 1.82) is 0 Å². The van der Waals surface area contributed by atoms with E-state index < -0.39 is 5.82 Å². The van der Waals surface area contributed by atoms with Gasteiger partial charge in [-0.2, -0.15) is 9.37 Å². The van der Waals surface area contributed by atoms with Crippen LogP contribution in [0.4, 0.5) is 4.39 Å². The normalized spacial score (nSPS) is 16.9. The molecule has 1 saturated heterocycles. The van der Waals surface area contributed by atoms with Crippen molar-refractivity contribution in [2.24, 2.45) is 0 Å². The molecule has 6 nitrogen and oxygen atoms in total. The second kappa shape index (κ2) is 8.24. The van der Waals surface area contributed by atoms with Crippen LogP contribution in [-0.2, 0) is 11.2 Å². The fraction of sp³-hybridized carbons (Fsp3) is 0.412. The van der Waals surface area contributed by atoms with Gasteiger partial charge in [-0.25, -0.2) is 4.98 Å². The van der Waals surface area contributed by atoms with Crippen LogP contribution in [0, 0.1) is 5.82 Å². The Morgan fingerprint density at radius 1 is 1.40 bits per heavy atom. The molecule has 0 spiro atoms. The minimum atomic E-state index is -0.511. The smallest absolute Gasteiger partial charge is 0.254 e. The van der Waals surface area contributed by atoms with Crippen molar-refractivity contribution < 1.29 is 13.9 Å². The number of rotatable bonds is 6. The summed E-state index contributed by atoms with van der Waals surface area (Å²) in [4.78, 5) is 26.8. The first-order valence-electron chi connectivity index (χ1n) is 8.14. The maximum Gasteiger partial charge on any atom is 0.254 e. The van der Waals surface area contributed by atoms with Gasteiger partial charge in [0.1, 0.15) is 12.4 Å². The summed E-state index contributed by atoms with van der Waals surface area (Å²) in [6.07, 6.45) is 5.60. The fourth-order valence-corrected chi connectivity index (χ4v) is 3.38. The molecule has 0 bridgehead atoms. The standard InChI is InChI=1S/C17H19FN4O2S/c1-2-14-16(18)17(21-11-20-14)24-12-5-8-22(9-12)15(23)10-25-13-3-6-19-7-4-13/h3-4,6-7,11-12H,2,5,8-10H2,1H3/t12-/m1/s1. The average molecular weight is 362 g/mol. The molecular weight excluding hydrogens is 343 g/mol. The van der Waals surface area contributed by atoms with E-state index in [1.165, 1.54) is 18.1 Å². The van der Waals surface area contributed by atoms with Crippen LogP contribution in [0.15, 0.2) is 35.7 Å². The predicted molar refractivity (Wildman–Crippen MR) is 91.9 cm³/mol. The number of aryl methyl sites for hydroxylation is 1. The van der Waals surface area contributed by atoms with E-state index >= 15 is 0 Å². The summed E-state index contributed by atoms with van der Waals surface area (Å²) in [6, 6.07) is 3.74. The summed E-state index contributed by atoms with van der Waals surface area (Å²) in [5.41, 5.74) is 0.338. The van der Waals surface area contributed by atoms with Gasteiger partial charge in [0.25, 0.3) is 5.88 Å². The van der Waals surface area contributed by atoms with Crippen LogP contribution in [0.3, 0.4) is 0 Å². The Morgan fingerprint density at radius 3 is 2.96 bits per heavy atom. The molecule has 0 saturated carbocycles. The highest BCUT2D eigenvalue weighted by molar-refractivity contribution is 8.00. The van der Waals surface area contributed by atoms with Gasteiger partial charge in [0.05, 0.1) is 18.0 Å². The van der Waals surface area contributed by atoms with Crippen molar-refractivity contribution in [3.63, 3.8) is 0 Å². The van der Waals surface area contributed by atoms with Crippen LogP contribution in [-0.4, -0.2) is 50.7 Å². The lowest BCUT2D eigenvalue weighted by atomic mass is 10.3. The summed E-state index contributed by atoms with van der Waals surface area (Å²) in [5.74, 6) is -0.135. The van der Waals surface area contributed by atoms with Crippen LogP contribution in [0.25, 0.3) is 0 Å². The van der Waals surface area contributed by atoms with Crippen molar-refractivity contribution in [1.82, 2.24) is 19.9 Å². The molecule has 3 heterocycles. The fourth-order valence-electron chi connectivity index (χ4n) is 2.60. The lowest BCUT2D eigenvalue weighted by Crippen LogP contribution is -2.32. The second-order valence-corrected chi connectivity index (χ2v) is 6.68. The third-order valence-electron chi connectivity index (χ3n) is 3.95. The molecule has 0 unspecified atom stereocenters. The van der Waals surface area contributed by atoms with Gasteiger partial charge >= 0.3 is 0 Å². The zero-order valence-electron chi connectivity index (χ0n) is 13.9. The third kappa shape index (κ3) is 4.45. The molecule has 1 aliphatic heterocycles. The number of carbonyl (C=O) groups excluding carboxylic acids is 1. The van der Waals surface area contributed by atoms with E-state index in [1.807, 2.05) is 19.1 Å². The van der Waals surface area contributed by atoms with Crippen molar-refractivity contribution in [3.05, 3.63) is 42.4 Å². The number of halogens is 1. The van der Waals surface area contributed by atoms with Gasteiger partial charge in [-0.15, -0.1) is 11.8 Å². The molecule has 2 aromatic rings. The number of aromatic nitrogens is 3. The lowest BCUT2D eigenvalue weighted by molar-refractivity contribution is -0.127. The van der Waals surface area contributed by atoms with Crippen molar-refractivity contribution in [3.8, 4) is 5.88 Å². The monoisotopic (exact) mass is 362 g/mol. The highest BCUT2D eigenvalue weighted by Crippen LogP contribution is 2.22. The molecule has 0 N–H and O–H groups in total. The zero-order valence-corrected chi connectivity index (χ0v) is 14.7. The Kier molecular flexibility index (Phi) is 5.80. The SMILES string of the molecule is CCc1ncnc(O[C@@H]2CCN(C(=O)CSc3ccncc3)C2)c1F. The number of ether oxygens (including phenoxy) is 1. The molecule has 0 aliphatic carbocycles. The number of likely N-dealkylation sites (tertiary alicyclic amines) is 1. The quantitative estimate of drug-likeness (QED) is 0.735. The van der Waals surface area contributed by atoms with Crippen LogP contribution in [0.5, 0.6) is 5.88 Å². The summed E-state index contributed by atoms with van der Waals surface area (Å²) < 4.78 is 19.8.